The highest BCUT2D eigenvalue weighted by Gasteiger charge is 2.33. The zero-order chi connectivity index (χ0) is 10.3. The van der Waals surface area contributed by atoms with Gasteiger partial charge in [-0.2, -0.15) is 0 Å². The van der Waals surface area contributed by atoms with E-state index in [1.807, 2.05) is 0 Å². The highest BCUT2D eigenvalue weighted by atomic mass is 16.6. The molecule has 1 aromatic carbocycles. The molecule has 0 saturated carbocycles. The number of carbonyl (C=O) groups excluding carboxylic acids is 1. The number of nitrogens with zero attached hydrogens (tertiary/aromatic N) is 1. The first kappa shape index (κ1) is 8.83. The Labute approximate surface area is 79.7 Å². The Kier molecular flexibility index (Phi) is 1.82. The molecule has 0 spiro atoms. The number of ketones is 1. The number of rotatable bonds is 1. The molecule has 1 aliphatic carbocycles. The lowest BCUT2D eigenvalue weighted by molar-refractivity contribution is -0.385. The molecule has 5 heteroatoms. The SMILES string of the molecule is N[C@H]1CC(=O)c2cccc([N+](=O)[O-])c21. The molecular formula is C9H8N2O3. The summed E-state index contributed by atoms with van der Waals surface area (Å²) in [5.74, 6) is -0.115. The van der Waals surface area contributed by atoms with Crippen LogP contribution in [0.15, 0.2) is 18.2 Å². The lowest BCUT2D eigenvalue weighted by atomic mass is 10.1. The van der Waals surface area contributed by atoms with Crippen molar-refractivity contribution in [2.45, 2.75) is 12.5 Å². The van der Waals surface area contributed by atoms with Gasteiger partial charge in [-0.1, -0.05) is 12.1 Å². The van der Waals surface area contributed by atoms with Gasteiger partial charge in [-0.15, -0.1) is 0 Å². The smallest absolute Gasteiger partial charge is 0.274 e. The number of hydrogen-bond donors (Lipinski definition) is 1. The van der Waals surface area contributed by atoms with Crippen LogP contribution in [0, 0.1) is 10.1 Å². The van der Waals surface area contributed by atoms with Crippen LogP contribution in [0.5, 0.6) is 0 Å². The van der Waals surface area contributed by atoms with Gasteiger partial charge in [-0.05, 0) is 0 Å². The van der Waals surface area contributed by atoms with Gasteiger partial charge in [0, 0.05) is 24.1 Å². The van der Waals surface area contributed by atoms with Crippen molar-refractivity contribution in [2.75, 3.05) is 0 Å². The van der Waals surface area contributed by atoms with E-state index in [1.165, 1.54) is 12.1 Å². The number of Topliss-reactive ketones (excluding diaryl/α,β-unsaturated/α-hetero) is 1. The molecule has 5 nitrogen and oxygen atoms in total. The van der Waals surface area contributed by atoms with Crippen molar-refractivity contribution >= 4 is 11.5 Å². The van der Waals surface area contributed by atoms with Crippen LogP contribution in [-0.2, 0) is 0 Å². The van der Waals surface area contributed by atoms with E-state index in [2.05, 4.69) is 0 Å². The third kappa shape index (κ3) is 1.10. The molecule has 0 bridgehead atoms. The van der Waals surface area contributed by atoms with Gasteiger partial charge < -0.3 is 5.73 Å². The third-order valence-electron chi connectivity index (χ3n) is 2.36. The van der Waals surface area contributed by atoms with Crippen LogP contribution < -0.4 is 5.73 Å². The van der Waals surface area contributed by atoms with Crippen molar-refractivity contribution < 1.29 is 9.72 Å². The molecule has 1 atom stereocenters. The Morgan fingerprint density at radius 1 is 1.50 bits per heavy atom. The molecule has 0 heterocycles. The Morgan fingerprint density at radius 2 is 2.21 bits per heavy atom. The third-order valence-corrected chi connectivity index (χ3v) is 2.36. The average molecular weight is 192 g/mol. The quantitative estimate of drug-likeness (QED) is 0.534. The number of nitro groups is 1. The lowest BCUT2D eigenvalue weighted by Crippen LogP contribution is -2.08. The van der Waals surface area contributed by atoms with E-state index >= 15 is 0 Å². The standard InChI is InChI=1S/C9H8N2O3/c10-6-4-8(12)5-2-1-3-7(9(5)6)11(13)14/h1-3,6H,4,10H2/t6-/m0/s1. The van der Waals surface area contributed by atoms with E-state index in [-0.39, 0.29) is 17.9 Å². The second kappa shape index (κ2) is 2.88. The highest BCUT2D eigenvalue weighted by Crippen LogP contribution is 2.35. The predicted octanol–water partition coefficient (Wildman–Crippen LogP) is 1.18. The van der Waals surface area contributed by atoms with Gasteiger partial charge in [0.25, 0.3) is 5.69 Å². The summed E-state index contributed by atoms with van der Waals surface area (Å²) in [7, 11) is 0. The molecule has 0 amide bonds. The molecule has 0 saturated heterocycles. The van der Waals surface area contributed by atoms with Crippen LogP contribution in [0.3, 0.4) is 0 Å². The zero-order valence-electron chi connectivity index (χ0n) is 7.27. The summed E-state index contributed by atoms with van der Waals surface area (Å²) in [6.07, 6.45) is 0.167. The maximum atomic E-state index is 11.3. The molecule has 0 aromatic heterocycles. The fourth-order valence-electron chi connectivity index (χ4n) is 1.76. The molecule has 0 unspecified atom stereocenters. The van der Waals surface area contributed by atoms with Gasteiger partial charge in [0.2, 0.25) is 0 Å². The van der Waals surface area contributed by atoms with E-state index in [0.717, 1.165) is 0 Å². The van der Waals surface area contributed by atoms with Gasteiger partial charge in [0.1, 0.15) is 0 Å². The van der Waals surface area contributed by atoms with Gasteiger partial charge >= 0.3 is 0 Å². The number of nitro benzene ring substituents is 1. The molecule has 0 radical (unpaired) electrons. The van der Waals surface area contributed by atoms with E-state index in [0.29, 0.717) is 11.1 Å². The minimum atomic E-state index is -0.529. The molecule has 2 N–H and O–H groups in total. The summed E-state index contributed by atoms with van der Waals surface area (Å²) >= 11 is 0. The monoisotopic (exact) mass is 192 g/mol. The van der Waals surface area contributed by atoms with E-state index in [9.17, 15) is 14.9 Å². The van der Waals surface area contributed by atoms with Crippen LogP contribution in [-0.4, -0.2) is 10.7 Å². The molecule has 72 valence electrons. The normalized spacial score (nSPS) is 19.5. The summed E-state index contributed by atoms with van der Waals surface area (Å²) in [6, 6.07) is 3.93. The predicted molar refractivity (Wildman–Crippen MR) is 49.0 cm³/mol. The van der Waals surface area contributed by atoms with E-state index in [1.54, 1.807) is 6.07 Å². The first-order valence-electron chi connectivity index (χ1n) is 4.17. The second-order valence-electron chi connectivity index (χ2n) is 3.23. The minimum Gasteiger partial charge on any atom is -0.323 e. The molecule has 0 fully saturated rings. The summed E-state index contributed by atoms with van der Waals surface area (Å²) in [6.45, 7) is 0. The Balaban J connectivity index is 2.68. The molecule has 2 rings (SSSR count). The molecule has 14 heavy (non-hydrogen) atoms. The first-order valence-corrected chi connectivity index (χ1v) is 4.17. The fraction of sp³-hybridized carbons (Fsp3) is 0.222. The number of hydrogen-bond acceptors (Lipinski definition) is 4. The number of carbonyl (C=O) groups is 1. The Hall–Kier alpha value is -1.75. The molecule has 1 aliphatic rings. The zero-order valence-corrected chi connectivity index (χ0v) is 7.27. The Morgan fingerprint density at radius 3 is 2.86 bits per heavy atom. The van der Waals surface area contributed by atoms with Crippen molar-refractivity contribution in [3.8, 4) is 0 Å². The lowest BCUT2D eigenvalue weighted by Gasteiger charge is -2.03. The van der Waals surface area contributed by atoms with Crippen LogP contribution in [0.4, 0.5) is 5.69 Å². The van der Waals surface area contributed by atoms with Crippen molar-refractivity contribution in [2.24, 2.45) is 5.73 Å². The van der Waals surface area contributed by atoms with Gasteiger partial charge in [0.05, 0.1) is 10.5 Å². The van der Waals surface area contributed by atoms with Crippen molar-refractivity contribution in [1.29, 1.82) is 0 Å². The Bertz CT molecular complexity index is 428. The largest absolute Gasteiger partial charge is 0.323 e. The highest BCUT2D eigenvalue weighted by molar-refractivity contribution is 6.02. The van der Waals surface area contributed by atoms with Crippen LogP contribution in [0.1, 0.15) is 28.4 Å². The maximum absolute atomic E-state index is 11.3. The van der Waals surface area contributed by atoms with Crippen LogP contribution >= 0.6 is 0 Å². The summed E-state index contributed by atoms with van der Waals surface area (Å²) < 4.78 is 0. The van der Waals surface area contributed by atoms with Gasteiger partial charge in [0.15, 0.2) is 5.78 Å². The van der Waals surface area contributed by atoms with Gasteiger partial charge in [-0.25, -0.2) is 0 Å². The number of fused-ring (bicyclic) bond motifs is 1. The minimum absolute atomic E-state index is 0.0548. The van der Waals surface area contributed by atoms with Crippen molar-refractivity contribution in [1.82, 2.24) is 0 Å². The topological polar surface area (TPSA) is 86.2 Å². The average Bonchev–Trinajstić information content (AvgIpc) is 2.43. The van der Waals surface area contributed by atoms with Crippen LogP contribution in [0.25, 0.3) is 0 Å². The van der Waals surface area contributed by atoms with E-state index < -0.39 is 11.0 Å². The van der Waals surface area contributed by atoms with Crippen molar-refractivity contribution in [3.05, 3.63) is 39.4 Å². The van der Waals surface area contributed by atoms with Crippen molar-refractivity contribution in [3.63, 3.8) is 0 Å². The summed E-state index contributed by atoms with van der Waals surface area (Å²) in [5, 5.41) is 10.7. The van der Waals surface area contributed by atoms with Crippen LogP contribution in [0.2, 0.25) is 0 Å². The molecule has 1 aromatic rings. The summed E-state index contributed by atoms with van der Waals surface area (Å²) in [5.41, 5.74) is 6.37. The molecular weight excluding hydrogens is 184 g/mol. The first-order chi connectivity index (χ1) is 6.61. The number of benzene rings is 1. The molecule has 0 aliphatic heterocycles. The van der Waals surface area contributed by atoms with Gasteiger partial charge in [-0.3, -0.25) is 14.9 Å². The summed E-state index contributed by atoms with van der Waals surface area (Å²) in [4.78, 5) is 21.5. The number of nitrogens with two attached hydrogens (primary N) is 1. The van der Waals surface area contributed by atoms with E-state index in [4.69, 9.17) is 5.73 Å². The fourth-order valence-corrected chi connectivity index (χ4v) is 1.76. The second-order valence-corrected chi connectivity index (χ2v) is 3.23. The maximum Gasteiger partial charge on any atom is 0.274 e.